The van der Waals surface area contributed by atoms with Crippen LogP contribution in [0.1, 0.15) is 20.8 Å². The lowest BCUT2D eigenvalue weighted by molar-refractivity contribution is -0.118. The van der Waals surface area contributed by atoms with Crippen LogP contribution in [-0.2, 0) is 4.79 Å². The Morgan fingerprint density at radius 1 is 1.60 bits per heavy atom. The Morgan fingerprint density at radius 2 is 2.20 bits per heavy atom. The third-order valence-electron chi connectivity index (χ3n) is 0.990. The van der Waals surface area contributed by atoms with Crippen LogP contribution in [0, 0.1) is 5.92 Å². The second-order valence-electron chi connectivity index (χ2n) is 2.61. The molecule has 0 unspecified atom stereocenters. The molecular formula is C8H15NO. The van der Waals surface area contributed by atoms with E-state index in [2.05, 4.69) is 25.2 Å². The van der Waals surface area contributed by atoms with Crippen molar-refractivity contribution in [1.29, 1.82) is 0 Å². The molecule has 0 aromatic rings. The van der Waals surface area contributed by atoms with Gasteiger partial charge >= 0.3 is 0 Å². The van der Waals surface area contributed by atoms with E-state index in [1.54, 1.807) is 0 Å². The van der Waals surface area contributed by atoms with Gasteiger partial charge in [0.15, 0.2) is 0 Å². The summed E-state index contributed by atoms with van der Waals surface area (Å²) >= 11 is 0. The van der Waals surface area contributed by atoms with Crippen LogP contribution in [0.4, 0.5) is 0 Å². The number of carbonyl (C=O) groups excluding carboxylic acids is 1. The Balaban J connectivity index is 3.27. The van der Waals surface area contributed by atoms with Gasteiger partial charge in [0.2, 0.25) is 5.91 Å². The van der Waals surface area contributed by atoms with Gasteiger partial charge in [-0.25, -0.2) is 0 Å². The van der Waals surface area contributed by atoms with Gasteiger partial charge in [0.25, 0.3) is 0 Å². The average molecular weight is 141 g/mol. The molecular weight excluding hydrogens is 126 g/mol. The number of hydrogen-bond acceptors (Lipinski definition) is 1. The first-order valence-corrected chi connectivity index (χ1v) is 3.54. The van der Waals surface area contributed by atoms with Gasteiger partial charge in [0.05, 0.1) is 0 Å². The molecule has 0 aliphatic carbocycles. The largest absolute Gasteiger partial charge is 0.353 e. The van der Waals surface area contributed by atoms with Gasteiger partial charge in [-0.05, 0) is 5.92 Å². The summed E-state index contributed by atoms with van der Waals surface area (Å²) in [6.07, 6.45) is 4.03. The minimum Gasteiger partial charge on any atom is -0.353 e. The van der Waals surface area contributed by atoms with Crippen LogP contribution in [0.3, 0.4) is 0 Å². The molecule has 0 aromatic heterocycles. The van der Waals surface area contributed by atoms with Crippen molar-refractivity contribution < 1.29 is 4.79 Å². The van der Waals surface area contributed by atoms with Crippen molar-refractivity contribution in [2.24, 2.45) is 5.92 Å². The molecule has 0 saturated carbocycles. The van der Waals surface area contributed by atoms with E-state index < -0.39 is 0 Å². The Labute approximate surface area is 62.3 Å². The summed E-state index contributed by atoms with van der Waals surface area (Å²) in [6, 6.07) is 0. The van der Waals surface area contributed by atoms with E-state index in [4.69, 9.17) is 0 Å². The summed E-state index contributed by atoms with van der Waals surface area (Å²) < 4.78 is 0. The molecule has 0 bridgehead atoms. The van der Waals surface area contributed by atoms with E-state index in [1.807, 2.05) is 6.08 Å². The highest BCUT2D eigenvalue weighted by molar-refractivity contribution is 5.72. The third kappa shape index (κ3) is 7.21. The zero-order valence-corrected chi connectivity index (χ0v) is 6.85. The van der Waals surface area contributed by atoms with Gasteiger partial charge in [0.1, 0.15) is 0 Å². The molecule has 2 nitrogen and oxygen atoms in total. The van der Waals surface area contributed by atoms with Crippen molar-refractivity contribution in [2.75, 3.05) is 6.54 Å². The zero-order valence-electron chi connectivity index (χ0n) is 6.85. The molecule has 10 heavy (non-hydrogen) atoms. The lowest BCUT2D eigenvalue weighted by atomic mass is 10.2. The maximum Gasteiger partial charge on any atom is 0.217 e. The Bertz CT molecular complexity index is 127. The first kappa shape index (κ1) is 9.21. The fourth-order valence-electron chi connectivity index (χ4n) is 0.543. The fraction of sp³-hybridized carbons (Fsp3) is 0.625. The molecule has 0 rings (SSSR count). The molecule has 0 saturated heterocycles. The smallest absolute Gasteiger partial charge is 0.217 e. The SMILES string of the molecule is CC(=O)NC/C=C/C(C)C. The van der Waals surface area contributed by atoms with E-state index in [1.165, 1.54) is 6.92 Å². The van der Waals surface area contributed by atoms with E-state index in [0.29, 0.717) is 12.5 Å². The highest BCUT2D eigenvalue weighted by Gasteiger charge is 1.85. The van der Waals surface area contributed by atoms with Crippen LogP contribution in [0.25, 0.3) is 0 Å². The number of amides is 1. The molecule has 1 N–H and O–H groups in total. The summed E-state index contributed by atoms with van der Waals surface area (Å²) in [6.45, 7) is 6.37. The predicted molar refractivity (Wildman–Crippen MR) is 42.7 cm³/mol. The second-order valence-corrected chi connectivity index (χ2v) is 2.61. The van der Waals surface area contributed by atoms with E-state index in [0.717, 1.165) is 0 Å². The van der Waals surface area contributed by atoms with Crippen molar-refractivity contribution in [3.8, 4) is 0 Å². The van der Waals surface area contributed by atoms with Crippen LogP contribution in [0.5, 0.6) is 0 Å². The van der Waals surface area contributed by atoms with Crippen LogP contribution < -0.4 is 5.32 Å². The first-order chi connectivity index (χ1) is 4.63. The normalized spacial score (nSPS) is 10.8. The second kappa shape index (κ2) is 5.03. The molecule has 0 atom stereocenters. The highest BCUT2D eigenvalue weighted by atomic mass is 16.1. The Hall–Kier alpha value is -0.790. The van der Waals surface area contributed by atoms with Crippen LogP contribution in [0.2, 0.25) is 0 Å². The summed E-state index contributed by atoms with van der Waals surface area (Å²) in [7, 11) is 0. The summed E-state index contributed by atoms with van der Waals surface area (Å²) in [5, 5.41) is 2.68. The highest BCUT2D eigenvalue weighted by Crippen LogP contribution is 1.91. The molecule has 0 aromatic carbocycles. The number of carbonyl (C=O) groups is 1. The third-order valence-corrected chi connectivity index (χ3v) is 0.990. The van der Waals surface area contributed by atoms with Crippen molar-refractivity contribution in [1.82, 2.24) is 5.32 Å². The van der Waals surface area contributed by atoms with Gasteiger partial charge in [0, 0.05) is 13.5 Å². The summed E-state index contributed by atoms with van der Waals surface area (Å²) in [5.74, 6) is 0.585. The lowest BCUT2D eigenvalue weighted by Gasteiger charge is -1.95. The predicted octanol–water partition coefficient (Wildman–Crippen LogP) is 1.33. The van der Waals surface area contributed by atoms with Gasteiger partial charge < -0.3 is 5.32 Å². The molecule has 0 radical (unpaired) electrons. The molecule has 0 heterocycles. The van der Waals surface area contributed by atoms with Gasteiger partial charge in [-0.3, -0.25) is 4.79 Å². The summed E-state index contributed by atoms with van der Waals surface area (Å²) in [5.41, 5.74) is 0. The van der Waals surface area contributed by atoms with Gasteiger partial charge in [-0.15, -0.1) is 0 Å². The van der Waals surface area contributed by atoms with Crippen molar-refractivity contribution in [3.05, 3.63) is 12.2 Å². The van der Waals surface area contributed by atoms with E-state index in [-0.39, 0.29) is 5.91 Å². The number of nitrogens with one attached hydrogen (secondary N) is 1. The molecule has 2 heteroatoms. The topological polar surface area (TPSA) is 29.1 Å². The standard InChI is InChI=1S/C8H15NO/c1-7(2)5-4-6-9-8(3)10/h4-5,7H,6H2,1-3H3,(H,9,10)/b5-4+. The van der Waals surface area contributed by atoms with Crippen LogP contribution in [-0.4, -0.2) is 12.5 Å². The van der Waals surface area contributed by atoms with Crippen molar-refractivity contribution in [3.63, 3.8) is 0 Å². The minimum atomic E-state index is 0.0217. The maximum atomic E-state index is 10.3. The van der Waals surface area contributed by atoms with Crippen molar-refractivity contribution in [2.45, 2.75) is 20.8 Å². The van der Waals surface area contributed by atoms with Crippen LogP contribution >= 0.6 is 0 Å². The number of allylic oxidation sites excluding steroid dienone is 1. The minimum absolute atomic E-state index is 0.0217. The monoisotopic (exact) mass is 141 g/mol. The molecule has 0 spiro atoms. The number of rotatable bonds is 3. The van der Waals surface area contributed by atoms with E-state index >= 15 is 0 Å². The molecule has 0 fully saturated rings. The van der Waals surface area contributed by atoms with Gasteiger partial charge in [-0.2, -0.15) is 0 Å². The average Bonchev–Trinajstić information content (AvgIpc) is 1.79. The first-order valence-electron chi connectivity index (χ1n) is 3.54. The summed E-state index contributed by atoms with van der Waals surface area (Å²) in [4.78, 5) is 10.3. The quantitative estimate of drug-likeness (QED) is 0.590. The Kier molecular flexibility index (Phi) is 4.63. The number of hydrogen-bond donors (Lipinski definition) is 1. The lowest BCUT2D eigenvalue weighted by Crippen LogP contribution is -2.19. The fourth-order valence-corrected chi connectivity index (χ4v) is 0.543. The molecule has 0 aliphatic rings. The molecule has 58 valence electrons. The van der Waals surface area contributed by atoms with Crippen molar-refractivity contribution >= 4 is 5.91 Å². The van der Waals surface area contributed by atoms with E-state index in [9.17, 15) is 4.79 Å². The molecule has 1 amide bonds. The zero-order chi connectivity index (χ0) is 7.98. The molecule has 0 aliphatic heterocycles. The van der Waals surface area contributed by atoms with Gasteiger partial charge in [-0.1, -0.05) is 26.0 Å². The Morgan fingerprint density at radius 3 is 2.60 bits per heavy atom. The van der Waals surface area contributed by atoms with Crippen LogP contribution in [0.15, 0.2) is 12.2 Å². The maximum absolute atomic E-state index is 10.3.